The second-order valence-electron chi connectivity index (χ2n) is 7.68. The zero-order valence-corrected chi connectivity index (χ0v) is 16.8. The fraction of sp³-hybridized carbons (Fsp3) is 0.348. The molecule has 3 aromatic rings. The molecule has 0 N–H and O–H groups in total. The summed E-state index contributed by atoms with van der Waals surface area (Å²) in [5.41, 5.74) is 5.17. The molecule has 1 atom stereocenters. The van der Waals surface area contributed by atoms with E-state index in [4.69, 9.17) is 9.72 Å². The summed E-state index contributed by atoms with van der Waals surface area (Å²) < 4.78 is 7.54. The molecular formula is C23H25N3O2. The number of ketones is 1. The van der Waals surface area contributed by atoms with E-state index in [0.717, 1.165) is 39.4 Å². The van der Waals surface area contributed by atoms with Crippen molar-refractivity contribution in [3.05, 3.63) is 48.0 Å². The van der Waals surface area contributed by atoms with Crippen LogP contribution in [0.4, 0.5) is 0 Å². The summed E-state index contributed by atoms with van der Waals surface area (Å²) in [4.78, 5) is 21.1. The highest BCUT2D eigenvalue weighted by Crippen LogP contribution is 2.31. The van der Waals surface area contributed by atoms with Crippen LogP contribution in [0.25, 0.3) is 22.4 Å². The molecule has 144 valence electrons. The predicted octanol–water partition coefficient (Wildman–Crippen LogP) is 4.69. The number of nitrogens with zero attached hydrogens (tertiary/aromatic N) is 3. The van der Waals surface area contributed by atoms with E-state index in [-0.39, 0.29) is 24.3 Å². The average Bonchev–Trinajstić information content (AvgIpc) is 3.07. The topological polar surface area (TPSA) is 56.5 Å². The molecule has 1 aliphatic heterocycles. The lowest BCUT2D eigenvalue weighted by atomic mass is 9.91. The van der Waals surface area contributed by atoms with Crippen molar-refractivity contribution in [3.8, 4) is 17.1 Å². The third-order valence-electron chi connectivity index (χ3n) is 5.28. The molecule has 28 heavy (non-hydrogen) atoms. The highest BCUT2D eigenvalue weighted by molar-refractivity contribution is 6.08. The van der Waals surface area contributed by atoms with Gasteiger partial charge in [-0.3, -0.25) is 9.79 Å². The first-order chi connectivity index (χ1) is 13.5. The normalized spacial score (nSPS) is 17.2. The highest BCUT2D eigenvalue weighted by atomic mass is 16.5. The molecule has 0 fully saturated rings. The number of benzene rings is 2. The Morgan fingerprint density at radius 2 is 1.82 bits per heavy atom. The smallest absolute Gasteiger partial charge is 0.154 e. The summed E-state index contributed by atoms with van der Waals surface area (Å²) in [6, 6.07) is 14.6. The van der Waals surface area contributed by atoms with E-state index in [1.54, 1.807) is 7.11 Å². The van der Waals surface area contributed by atoms with Gasteiger partial charge in [0.05, 0.1) is 24.7 Å². The van der Waals surface area contributed by atoms with Crippen molar-refractivity contribution in [1.82, 2.24) is 9.55 Å². The molecule has 0 bridgehead atoms. The zero-order chi connectivity index (χ0) is 19.8. The minimum Gasteiger partial charge on any atom is -0.497 e. The molecule has 1 aliphatic rings. The van der Waals surface area contributed by atoms with Gasteiger partial charge in [0.15, 0.2) is 5.78 Å². The first kappa shape index (κ1) is 18.4. The largest absolute Gasteiger partial charge is 0.497 e. The first-order valence-corrected chi connectivity index (χ1v) is 9.70. The summed E-state index contributed by atoms with van der Waals surface area (Å²) in [7, 11) is 1.67. The molecule has 2 aromatic carbocycles. The number of hydrogen-bond acceptors (Lipinski definition) is 4. The van der Waals surface area contributed by atoms with Crippen LogP contribution in [0.5, 0.6) is 5.75 Å². The van der Waals surface area contributed by atoms with Gasteiger partial charge in [-0.05, 0) is 55.8 Å². The van der Waals surface area contributed by atoms with E-state index >= 15 is 0 Å². The van der Waals surface area contributed by atoms with Crippen LogP contribution in [-0.2, 0) is 4.79 Å². The number of aliphatic imine (C=N–C) groups is 1. The number of carbonyl (C=O) groups is 1. The van der Waals surface area contributed by atoms with E-state index in [1.807, 2.05) is 24.3 Å². The van der Waals surface area contributed by atoms with Gasteiger partial charge in [0.1, 0.15) is 11.6 Å². The summed E-state index contributed by atoms with van der Waals surface area (Å²) in [5.74, 6) is 2.13. The number of carbonyl (C=O) groups excluding carboxylic acids is 1. The number of rotatable bonds is 4. The number of Topliss-reactive ketones (excluding diaryl/α,β-unsaturated/α-hetero) is 1. The molecular weight excluding hydrogens is 350 g/mol. The van der Waals surface area contributed by atoms with Crippen molar-refractivity contribution < 1.29 is 9.53 Å². The zero-order valence-electron chi connectivity index (χ0n) is 16.8. The van der Waals surface area contributed by atoms with Crippen LogP contribution >= 0.6 is 0 Å². The summed E-state index contributed by atoms with van der Waals surface area (Å²) >= 11 is 0. The minimum atomic E-state index is 0.145. The monoisotopic (exact) mass is 375 g/mol. The van der Waals surface area contributed by atoms with E-state index in [9.17, 15) is 4.79 Å². The maximum absolute atomic E-state index is 11.7. The molecule has 5 heteroatoms. The van der Waals surface area contributed by atoms with Crippen molar-refractivity contribution in [2.75, 3.05) is 13.7 Å². The van der Waals surface area contributed by atoms with Crippen LogP contribution in [0.2, 0.25) is 0 Å². The van der Waals surface area contributed by atoms with Crippen LogP contribution in [0.3, 0.4) is 0 Å². The lowest BCUT2D eigenvalue weighted by molar-refractivity contribution is -0.118. The van der Waals surface area contributed by atoms with Gasteiger partial charge >= 0.3 is 0 Å². The van der Waals surface area contributed by atoms with Crippen LogP contribution in [0.1, 0.15) is 38.8 Å². The second-order valence-corrected chi connectivity index (χ2v) is 7.68. The maximum atomic E-state index is 11.7. The third-order valence-corrected chi connectivity index (χ3v) is 5.28. The fourth-order valence-electron chi connectivity index (χ4n) is 3.93. The molecule has 0 saturated heterocycles. The van der Waals surface area contributed by atoms with Gasteiger partial charge in [-0.2, -0.15) is 0 Å². The number of hydrogen-bond donors (Lipinski definition) is 0. The second kappa shape index (κ2) is 7.23. The molecule has 0 spiro atoms. The number of imidazole rings is 1. The standard InChI is InChI=1S/C23H25N3O2/c1-14(2)26-21-10-7-17(22-15(3)11-18(27)13-24-22)12-20(21)25-23(26)16-5-8-19(28-4)9-6-16/h5-10,12,14-15H,11,13H2,1-4H3. The molecule has 2 heterocycles. The van der Waals surface area contributed by atoms with E-state index < -0.39 is 0 Å². The third kappa shape index (κ3) is 3.21. The van der Waals surface area contributed by atoms with E-state index in [2.05, 4.69) is 48.5 Å². The lowest BCUT2D eigenvalue weighted by Crippen LogP contribution is -2.24. The maximum Gasteiger partial charge on any atom is 0.154 e. The number of fused-ring (bicyclic) bond motifs is 1. The van der Waals surface area contributed by atoms with Crippen molar-refractivity contribution in [1.29, 1.82) is 0 Å². The average molecular weight is 375 g/mol. The fourth-order valence-corrected chi connectivity index (χ4v) is 3.93. The van der Waals surface area contributed by atoms with E-state index in [1.165, 1.54) is 0 Å². The van der Waals surface area contributed by atoms with Crippen LogP contribution < -0.4 is 4.74 Å². The predicted molar refractivity (Wildman–Crippen MR) is 112 cm³/mol. The van der Waals surface area contributed by atoms with Crippen molar-refractivity contribution >= 4 is 22.5 Å². The van der Waals surface area contributed by atoms with Gasteiger partial charge in [-0.25, -0.2) is 4.98 Å². The summed E-state index contributed by atoms with van der Waals surface area (Å²) in [6.45, 7) is 6.69. The first-order valence-electron chi connectivity index (χ1n) is 9.70. The Balaban J connectivity index is 1.83. The molecule has 0 radical (unpaired) electrons. The summed E-state index contributed by atoms with van der Waals surface area (Å²) in [6.07, 6.45) is 0.564. The Bertz CT molecular complexity index is 1060. The van der Waals surface area contributed by atoms with Gasteiger partial charge in [0.2, 0.25) is 0 Å². The lowest BCUT2D eigenvalue weighted by Gasteiger charge is -2.19. The van der Waals surface area contributed by atoms with E-state index in [0.29, 0.717) is 6.42 Å². The van der Waals surface area contributed by atoms with Crippen LogP contribution in [0.15, 0.2) is 47.5 Å². The number of methoxy groups -OCH3 is 1. The summed E-state index contributed by atoms with van der Waals surface area (Å²) in [5, 5.41) is 0. The molecule has 4 rings (SSSR count). The van der Waals surface area contributed by atoms with Crippen molar-refractivity contribution in [3.63, 3.8) is 0 Å². The Morgan fingerprint density at radius 1 is 1.11 bits per heavy atom. The minimum absolute atomic E-state index is 0.145. The number of ether oxygens (including phenoxy) is 1. The number of aromatic nitrogens is 2. The molecule has 0 amide bonds. The SMILES string of the molecule is COc1ccc(-c2nc3cc(C4=NCC(=O)CC4C)ccc3n2C(C)C)cc1. The van der Waals surface area contributed by atoms with Gasteiger partial charge in [0.25, 0.3) is 0 Å². The molecule has 1 aromatic heterocycles. The van der Waals surface area contributed by atoms with Crippen LogP contribution in [-0.4, -0.2) is 34.7 Å². The van der Waals surface area contributed by atoms with Gasteiger partial charge < -0.3 is 9.30 Å². The quantitative estimate of drug-likeness (QED) is 0.665. The van der Waals surface area contributed by atoms with Crippen LogP contribution in [0, 0.1) is 5.92 Å². The Hall–Kier alpha value is -2.95. The van der Waals surface area contributed by atoms with Gasteiger partial charge in [-0.1, -0.05) is 13.0 Å². The Morgan fingerprint density at radius 3 is 2.46 bits per heavy atom. The Labute approximate surface area is 165 Å². The molecule has 1 unspecified atom stereocenters. The highest BCUT2D eigenvalue weighted by Gasteiger charge is 2.23. The molecule has 5 nitrogen and oxygen atoms in total. The Kier molecular flexibility index (Phi) is 4.75. The van der Waals surface area contributed by atoms with Crippen molar-refractivity contribution in [2.45, 2.75) is 33.2 Å². The molecule has 0 saturated carbocycles. The van der Waals surface area contributed by atoms with Gasteiger partial charge in [0, 0.05) is 29.7 Å². The molecule has 0 aliphatic carbocycles. The van der Waals surface area contributed by atoms with Gasteiger partial charge in [-0.15, -0.1) is 0 Å². The van der Waals surface area contributed by atoms with Crippen molar-refractivity contribution in [2.24, 2.45) is 10.9 Å².